The predicted octanol–water partition coefficient (Wildman–Crippen LogP) is 6.74. The highest BCUT2D eigenvalue weighted by Gasteiger charge is 2.51. The minimum absolute atomic E-state index is 0.112. The number of hydrogen-bond donors (Lipinski definition) is 0. The molecule has 2 saturated heterocycles. The lowest BCUT2D eigenvalue weighted by molar-refractivity contribution is -0.216. The molecule has 3 aromatic rings. The maximum atomic E-state index is 13.3. The Balaban J connectivity index is 1.29. The van der Waals surface area contributed by atoms with E-state index >= 15 is 0 Å². The van der Waals surface area contributed by atoms with Crippen molar-refractivity contribution in [2.24, 2.45) is 5.41 Å². The van der Waals surface area contributed by atoms with E-state index in [4.69, 9.17) is 25.8 Å². The molecular formula is C32H32ClF3N2O5. The highest BCUT2D eigenvalue weighted by Crippen LogP contribution is 2.44. The molecule has 1 amide bonds. The molecule has 5 rings (SSSR count). The summed E-state index contributed by atoms with van der Waals surface area (Å²) in [5.74, 6) is -0.703. The standard InChI is InChI=1S/C32H32ClF3N2O5/c1-41-26-8-4-5-9-27(26)42-25-7-3-2-6-23(25)20-37-17-14-31(15-18-37)16-19-38(21-28(31)43-30(40)32(34,35)36)29(39)22-10-12-24(33)13-11-22/h2-13,28H,14-21H2,1H3. The summed E-state index contributed by atoms with van der Waals surface area (Å²) in [5.41, 5.74) is 0.639. The van der Waals surface area contributed by atoms with Crippen LogP contribution < -0.4 is 9.47 Å². The fourth-order valence-electron chi connectivity index (χ4n) is 5.85. The van der Waals surface area contributed by atoms with Crippen molar-refractivity contribution >= 4 is 23.5 Å². The quantitative estimate of drug-likeness (QED) is 0.274. The summed E-state index contributed by atoms with van der Waals surface area (Å²) < 4.78 is 56.5. The van der Waals surface area contributed by atoms with Crippen molar-refractivity contribution in [2.75, 3.05) is 33.3 Å². The van der Waals surface area contributed by atoms with Crippen molar-refractivity contribution in [1.29, 1.82) is 0 Å². The molecule has 7 nitrogen and oxygen atoms in total. The van der Waals surface area contributed by atoms with E-state index in [9.17, 15) is 22.8 Å². The van der Waals surface area contributed by atoms with E-state index in [2.05, 4.69) is 4.90 Å². The first-order valence-corrected chi connectivity index (χ1v) is 14.4. The van der Waals surface area contributed by atoms with Crippen LogP contribution in [-0.4, -0.2) is 67.2 Å². The van der Waals surface area contributed by atoms with Crippen molar-refractivity contribution < 1.29 is 37.0 Å². The minimum Gasteiger partial charge on any atom is -0.493 e. The van der Waals surface area contributed by atoms with Crippen molar-refractivity contribution in [3.63, 3.8) is 0 Å². The van der Waals surface area contributed by atoms with Gasteiger partial charge in [0.1, 0.15) is 11.9 Å². The van der Waals surface area contributed by atoms with E-state index < -0.39 is 23.7 Å². The van der Waals surface area contributed by atoms with Crippen LogP contribution in [0.4, 0.5) is 13.2 Å². The van der Waals surface area contributed by atoms with Gasteiger partial charge in [-0.05, 0) is 74.8 Å². The van der Waals surface area contributed by atoms with Gasteiger partial charge in [-0.3, -0.25) is 9.69 Å². The molecule has 0 radical (unpaired) electrons. The van der Waals surface area contributed by atoms with Crippen LogP contribution in [0, 0.1) is 5.41 Å². The second kappa shape index (κ2) is 12.9. The smallest absolute Gasteiger partial charge is 0.490 e. The Morgan fingerprint density at radius 1 is 0.884 bits per heavy atom. The zero-order chi connectivity index (χ0) is 30.6. The number of likely N-dealkylation sites (tertiary alicyclic amines) is 2. The van der Waals surface area contributed by atoms with Crippen LogP contribution in [0.5, 0.6) is 17.2 Å². The molecule has 0 saturated carbocycles. The molecular weight excluding hydrogens is 585 g/mol. The number of ether oxygens (including phenoxy) is 3. The summed E-state index contributed by atoms with van der Waals surface area (Å²) in [6.45, 7) is 1.95. The lowest BCUT2D eigenvalue weighted by Gasteiger charge is -2.51. The number of hydrogen-bond acceptors (Lipinski definition) is 6. The largest absolute Gasteiger partial charge is 0.493 e. The van der Waals surface area contributed by atoms with Gasteiger partial charge in [0.05, 0.1) is 13.7 Å². The lowest BCUT2D eigenvalue weighted by atomic mass is 9.69. The van der Waals surface area contributed by atoms with E-state index in [0.29, 0.717) is 73.3 Å². The number of alkyl halides is 3. The lowest BCUT2D eigenvalue weighted by Crippen LogP contribution is -2.58. The van der Waals surface area contributed by atoms with Gasteiger partial charge in [0.2, 0.25) is 0 Å². The molecule has 228 valence electrons. The van der Waals surface area contributed by atoms with Gasteiger partial charge in [-0.15, -0.1) is 0 Å². The summed E-state index contributed by atoms with van der Waals surface area (Å²) in [6.07, 6.45) is -4.77. The molecule has 1 spiro atoms. The van der Waals surface area contributed by atoms with Crippen molar-refractivity contribution in [2.45, 2.75) is 38.1 Å². The van der Waals surface area contributed by atoms with Gasteiger partial charge < -0.3 is 19.1 Å². The van der Waals surface area contributed by atoms with Crippen LogP contribution in [0.2, 0.25) is 5.02 Å². The molecule has 2 fully saturated rings. The highest BCUT2D eigenvalue weighted by atomic mass is 35.5. The topological polar surface area (TPSA) is 68.3 Å². The normalized spacial score (nSPS) is 18.7. The minimum atomic E-state index is -5.13. The number of carbonyl (C=O) groups is 2. The molecule has 2 aliphatic rings. The number of esters is 1. The Morgan fingerprint density at radius 2 is 1.49 bits per heavy atom. The molecule has 2 heterocycles. The van der Waals surface area contributed by atoms with Gasteiger partial charge in [0.25, 0.3) is 5.91 Å². The number of nitrogens with zero attached hydrogens (tertiary/aromatic N) is 2. The fourth-order valence-corrected chi connectivity index (χ4v) is 5.97. The Kier molecular flexibility index (Phi) is 9.17. The summed E-state index contributed by atoms with van der Waals surface area (Å²) >= 11 is 5.94. The third-order valence-electron chi connectivity index (χ3n) is 8.32. The third-order valence-corrected chi connectivity index (χ3v) is 8.57. The average molecular weight is 617 g/mol. The van der Waals surface area contributed by atoms with E-state index in [1.54, 1.807) is 31.4 Å². The zero-order valence-electron chi connectivity index (χ0n) is 23.6. The number of piperidine rings is 2. The Morgan fingerprint density at radius 3 is 2.14 bits per heavy atom. The number of rotatable bonds is 7. The summed E-state index contributed by atoms with van der Waals surface area (Å²) in [5, 5.41) is 0.465. The Bertz CT molecular complexity index is 1440. The monoisotopic (exact) mass is 616 g/mol. The maximum Gasteiger partial charge on any atom is 0.490 e. The highest BCUT2D eigenvalue weighted by molar-refractivity contribution is 6.30. The van der Waals surface area contributed by atoms with Gasteiger partial charge in [0.15, 0.2) is 11.5 Å². The van der Waals surface area contributed by atoms with E-state index in [1.807, 2.05) is 48.5 Å². The molecule has 0 aromatic heterocycles. The summed E-state index contributed by atoms with van der Waals surface area (Å²) in [6, 6.07) is 21.3. The van der Waals surface area contributed by atoms with Crippen LogP contribution in [-0.2, 0) is 16.1 Å². The fraction of sp³-hybridized carbons (Fsp3) is 0.375. The molecule has 2 aliphatic heterocycles. The first kappa shape index (κ1) is 30.7. The van der Waals surface area contributed by atoms with Gasteiger partial charge in [-0.2, -0.15) is 13.2 Å². The average Bonchev–Trinajstić information content (AvgIpc) is 3.00. The van der Waals surface area contributed by atoms with Crippen molar-refractivity contribution in [1.82, 2.24) is 9.80 Å². The third kappa shape index (κ3) is 7.08. The molecule has 11 heteroatoms. The molecule has 1 atom stereocenters. The van der Waals surface area contributed by atoms with E-state index in [0.717, 1.165) is 5.56 Å². The number of amides is 1. The van der Waals surface area contributed by atoms with Crippen LogP contribution in [0.15, 0.2) is 72.8 Å². The van der Waals surface area contributed by atoms with Crippen molar-refractivity contribution in [3.05, 3.63) is 88.9 Å². The summed E-state index contributed by atoms with van der Waals surface area (Å²) in [7, 11) is 1.58. The number of carbonyl (C=O) groups excluding carboxylic acids is 2. The van der Waals surface area contributed by atoms with Crippen LogP contribution in [0.3, 0.4) is 0 Å². The van der Waals surface area contributed by atoms with E-state index in [1.165, 1.54) is 4.90 Å². The van der Waals surface area contributed by atoms with Gasteiger partial charge >= 0.3 is 12.1 Å². The molecule has 0 N–H and O–H groups in total. The van der Waals surface area contributed by atoms with Gasteiger partial charge in [-0.25, -0.2) is 4.79 Å². The second-order valence-corrected chi connectivity index (χ2v) is 11.3. The number of methoxy groups -OCH3 is 1. The number of para-hydroxylation sites is 3. The SMILES string of the molecule is COc1ccccc1Oc1ccccc1CN1CCC2(CC1)CCN(C(=O)c1ccc(Cl)cc1)CC2OC(=O)C(F)(F)F. The van der Waals surface area contributed by atoms with Gasteiger partial charge in [0, 0.05) is 34.7 Å². The number of benzene rings is 3. The second-order valence-electron chi connectivity index (χ2n) is 10.9. The predicted molar refractivity (Wildman–Crippen MR) is 154 cm³/mol. The first-order valence-electron chi connectivity index (χ1n) is 14.0. The van der Waals surface area contributed by atoms with Gasteiger partial charge in [-0.1, -0.05) is 41.9 Å². The zero-order valence-corrected chi connectivity index (χ0v) is 24.4. The molecule has 1 unspecified atom stereocenters. The molecule has 3 aromatic carbocycles. The Labute approximate surface area is 253 Å². The Hall–Kier alpha value is -3.76. The molecule has 0 aliphatic carbocycles. The first-order chi connectivity index (χ1) is 20.6. The van der Waals surface area contributed by atoms with Crippen LogP contribution in [0.1, 0.15) is 35.2 Å². The maximum absolute atomic E-state index is 13.3. The van der Waals surface area contributed by atoms with Crippen molar-refractivity contribution in [3.8, 4) is 17.2 Å². The van der Waals surface area contributed by atoms with Crippen LogP contribution >= 0.6 is 11.6 Å². The van der Waals surface area contributed by atoms with E-state index in [-0.39, 0.29) is 12.5 Å². The number of halogens is 4. The van der Waals surface area contributed by atoms with Crippen LogP contribution in [0.25, 0.3) is 0 Å². The molecule has 0 bridgehead atoms. The molecule has 43 heavy (non-hydrogen) atoms. The summed E-state index contributed by atoms with van der Waals surface area (Å²) in [4.78, 5) is 28.8.